The van der Waals surface area contributed by atoms with Crippen LogP contribution in [0.2, 0.25) is 0 Å². The second-order valence-corrected chi connectivity index (χ2v) is 6.45. The minimum atomic E-state index is -0.00389. The van der Waals surface area contributed by atoms with Gasteiger partial charge in [0.2, 0.25) is 0 Å². The van der Waals surface area contributed by atoms with Gasteiger partial charge in [-0.2, -0.15) is 0 Å². The Kier molecular flexibility index (Phi) is 8.19. The maximum absolute atomic E-state index is 12.4. The van der Waals surface area contributed by atoms with E-state index in [4.69, 9.17) is 9.53 Å². The molecule has 3 rings (SSSR count). The second kappa shape index (κ2) is 9.87. The third-order valence-electron chi connectivity index (χ3n) is 3.78. The molecular weight excluding hydrogens is 348 g/mol. The fourth-order valence-corrected chi connectivity index (χ4v) is 3.40. The smallest absolute Gasteiger partial charge is 0.190 e. The minimum absolute atomic E-state index is 0.00389. The first-order valence-electron chi connectivity index (χ1n) is 8.46. The Morgan fingerprint density at radius 3 is 2.42 bits per heavy atom. The van der Waals surface area contributed by atoms with Crippen LogP contribution >= 0.6 is 11.3 Å². The molecule has 26 heavy (non-hydrogen) atoms. The lowest BCUT2D eigenvalue weighted by Crippen LogP contribution is -2.04. The van der Waals surface area contributed by atoms with Gasteiger partial charge in [0.1, 0.15) is 17.5 Å². The van der Waals surface area contributed by atoms with Gasteiger partial charge in [0.15, 0.2) is 5.43 Å². The van der Waals surface area contributed by atoms with E-state index < -0.39 is 0 Å². The highest BCUT2D eigenvalue weighted by Gasteiger charge is 2.12. The molecule has 0 bridgehead atoms. The molecule has 1 N–H and O–H groups in total. The average Bonchev–Trinajstić information content (AvgIpc) is 3.16. The van der Waals surface area contributed by atoms with Crippen LogP contribution in [0.5, 0.6) is 5.75 Å². The van der Waals surface area contributed by atoms with Crippen LogP contribution in [0.25, 0.3) is 21.6 Å². The number of nitrogens with zero attached hydrogens (tertiary/aromatic N) is 1. The number of aromatic amines is 1. The number of fused-ring (bicyclic) bond motifs is 1. The van der Waals surface area contributed by atoms with E-state index in [2.05, 4.69) is 23.8 Å². The summed E-state index contributed by atoms with van der Waals surface area (Å²) in [6, 6.07) is 5.25. The molecule has 0 saturated carbocycles. The Balaban J connectivity index is 0.000000791. The molecule has 0 aliphatic heterocycles. The number of rotatable bonds is 3. The van der Waals surface area contributed by atoms with Crippen molar-refractivity contribution in [3.63, 3.8) is 0 Å². The second-order valence-electron chi connectivity index (χ2n) is 5.59. The highest BCUT2D eigenvalue weighted by atomic mass is 32.1. The Morgan fingerprint density at radius 1 is 1.23 bits per heavy atom. The summed E-state index contributed by atoms with van der Waals surface area (Å²) in [5, 5.41) is 3.55. The standard InChI is InChI=1S/C17H18N2O2S.C2H6.CH2O/c1-9(2)13-8-22-17(19-13)12-7-14(20)11-5-6-15(21-4)10(3)16(11)18-12;2*1-2/h5-9H,1-4H3,(H,18,20);1-2H3;1H2. The molecule has 0 radical (unpaired) electrons. The largest absolute Gasteiger partial charge is 0.496 e. The maximum atomic E-state index is 12.4. The first kappa shape index (κ1) is 21.6. The number of pyridine rings is 1. The van der Waals surface area contributed by atoms with Crippen LogP contribution in [0.1, 0.15) is 44.9 Å². The van der Waals surface area contributed by atoms with Gasteiger partial charge in [-0.25, -0.2) is 4.98 Å². The molecule has 0 aliphatic rings. The van der Waals surface area contributed by atoms with E-state index in [1.165, 1.54) is 0 Å². The van der Waals surface area contributed by atoms with Gasteiger partial charge in [0, 0.05) is 22.4 Å². The number of thiazole rings is 1. The number of hydrogen-bond donors (Lipinski definition) is 1. The van der Waals surface area contributed by atoms with Gasteiger partial charge in [-0.3, -0.25) is 4.79 Å². The molecule has 140 valence electrons. The van der Waals surface area contributed by atoms with Gasteiger partial charge >= 0.3 is 0 Å². The third kappa shape index (κ3) is 4.38. The van der Waals surface area contributed by atoms with Crippen molar-refractivity contribution in [3.8, 4) is 16.5 Å². The van der Waals surface area contributed by atoms with Crippen molar-refractivity contribution in [2.24, 2.45) is 0 Å². The lowest BCUT2D eigenvalue weighted by Gasteiger charge is -2.09. The maximum Gasteiger partial charge on any atom is 0.190 e. The van der Waals surface area contributed by atoms with E-state index in [0.29, 0.717) is 11.3 Å². The summed E-state index contributed by atoms with van der Waals surface area (Å²) in [6.07, 6.45) is 0. The van der Waals surface area contributed by atoms with Crippen molar-refractivity contribution in [1.82, 2.24) is 9.97 Å². The normalized spacial score (nSPS) is 9.96. The number of carbonyl (C=O) groups excluding carboxylic acids is 1. The number of benzene rings is 1. The molecule has 0 aliphatic carbocycles. The molecule has 1 aromatic carbocycles. The van der Waals surface area contributed by atoms with Crippen LogP contribution in [0, 0.1) is 6.92 Å². The highest BCUT2D eigenvalue weighted by Crippen LogP contribution is 2.28. The van der Waals surface area contributed by atoms with E-state index in [1.54, 1.807) is 30.6 Å². The van der Waals surface area contributed by atoms with E-state index in [-0.39, 0.29) is 5.43 Å². The number of aryl methyl sites for hydroxylation is 1. The summed E-state index contributed by atoms with van der Waals surface area (Å²) in [5.41, 5.74) is 3.53. The summed E-state index contributed by atoms with van der Waals surface area (Å²) in [5.74, 6) is 1.14. The van der Waals surface area contributed by atoms with E-state index in [1.807, 2.05) is 39.0 Å². The molecule has 6 heteroatoms. The molecule has 0 fully saturated rings. The molecule has 0 unspecified atom stereocenters. The molecule has 0 amide bonds. The Hall–Kier alpha value is -2.47. The number of carbonyl (C=O) groups is 1. The van der Waals surface area contributed by atoms with Gasteiger partial charge in [0.05, 0.1) is 24.0 Å². The van der Waals surface area contributed by atoms with Crippen molar-refractivity contribution < 1.29 is 9.53 Å². The van der Waals surface area contributed by atoms with Crippen molar-refractivity contribution in [1.29, 1.82) is 0 Å². The van der Waals surface area contributed by atoms with Gasteiger partial charge < -0.3 is 14.5 Å². The molecule has 2 heterocycles. The van der Waals surface area contributed by atoms with Crippen LogP contribution in [0.15, 0.2) is 28.4 Å². The van der Waals surface area contributed by atoms with Crippen LogP contribution < -0.4 is 10.2 Å². The van der Waals surface area contributed by atoms with Gasteiger partial charge in [0.25, 0.3) is 0 Å². The van der Waals surface area contributed by atoms with Gasteiger partial charge in [-0.1, -0.05) is 27.7 Å². The Labute approximate surface area is 158 Å². The molecule has 0 saturated heterocycles. The molecule has 5 nitrogen and oxygen atoms in total. The summed E-state index contributed by atoms with van der Waals surface area (Å²) >= 11 is 1.55. The van der Waals surface area contributed by atoms with Crippen LogP contribution in [-0.4, -0.2) is 23.9 Å². The monoisotopic (exact) mass is 374 g/mol. The van der Waals surface area contributed by atoms with Crippen LogP contribution in [0.4, 0.5) is 0 Å². The number of methoxy groups -OCH3 is 1. The van der Waals surface area contributed by atoms with Crippen LogP contribution in [0.3, 0.4) is 0 Å². The summed E-state index contributed by atoms with van der Waals surface area (Å²) in [4.78, 5) is 28.3. The zero-order valence-electron chi connectivity index (χ0n) is 16.2. The van der Waals surface area contributed by atoms with Crippen molar-refractivity contribution in [3.05, 3.63) is 45.1 Å². The quantitative estimate of drug-likeness (QED) is 0.705. The number of H-pyrrole nitrogens is 1. The van der Waals surface area contributed by atoms with Crippen molar-refractivity contribution >= 4 is 29.0 Å². The minimum Gasteiger partial charge on any atom is -0.496 e. The summed E-state index contributed by atoms with van der Waals surface area (Å²) < 4.78 is 5.34. The van der Waals surface area contributed by atoms with E-state index in [0.717, 1.165) is 33.2 Å². The third-order valence-corrected chi connectivity index (χ3v) is 4.67. The van der Waals surface area contributed by atoms with Crippen LogP contribution in [-0.2, 0) is 4.79 Å². The predicted molar refractivity (Wildman–Crippen MR) is 110 cm³/mol. The predicted octanol–water partition coefficient (Wildman–Crippen LogP) is 4.93. The van der Waals surface area contributed by atoms with Gasteiger partial charge in [-0.15, -0.1) is 11.3 Å². The zero-order chi connectivity index (χ0) is 19.9. The Morgan fingerprint density at radius 2 is 1.88 bits per heavy atom. The SMILES string of the molecule is C=O.CC.COc1ccc2c(=O)cc(-c3nc(C(C)C)cs3)[nH]c2c1C. The fourth-order valence-electron chi connectivity index (χ4n) is 2.45. The fraction of sp³-hybridized carbons (Fsp3) is 0.350. The summed E-state index contributed by atoms with van der Waals surface area (Å²) in [6.45, 7) is 12.2. The topological polar surface area (TPSA) is 72.1 Å². The highest BCUT2D eigenvalue weighted by molar-refractivity contribution is 7.13. The van der Waals surface area contributed by atoms with Gasteiger partial charge in [-0.05, 0) is 25.0 Å². The van der Waals surface area contributed by atoms with E-state index in [9.17, 15) is 4.79 Å². The first-order valence-corrected chi connectivity index (χ1v) is 9.34. The lowest BCUT2D eigenvalue weighted by molar-refractivity contribution is -0.0979. The summed E-state index contributed by atoms with van der Waals surface area (Å²) in [7, 11) is 1.63. The molecule has 0 atom stereocenters. The lowest BCUT2D eigenvalue weighted by atomic mass is 10.1. The molecular formula is C20H26N2O3S. The number of hydrogen-bond acceptors (Lipinski definition) is 5. The average molecular weight is 375 g/mol. The van der Waals surface area contributed by atoms with Crippen molar-refractivity contribution in [2.45, 2.75) is 40.5 Å². The first-order chi connectivity index (χ1) is 12.5. The van der Waals surface area contributed by atoms with Crippen molar-refractivity contribution in [2.75, 3.05) is 7.11 Å². The zero-order valence-corrected chi connectivity index (χ0v) is 17.0. The number of ether oxygens (including phenoxy) is 1. The number of nitrogens with one attached hydrogen (secondary N) is 1. The number of aromatic nitrogens is 2. The van der Waals surface area contributed by atoms with E-state index >= 15 is 0 Å². The molecule has 0 spiro atoms. The molecule has 2 aromatic heterocycles. The molecule has 3 aromatic rings. The Bertz CT molecular complexity index is 913.